The van der Waals surface area contributed by atoms with E-state index in [-0.39, 0.29) is 52.6 Å². The van der Waals surface area contributed by atoms with Crippen molar-refractivity contribution in [3.8, 4) is 11.4 Å². The lowest BCUT2D eigenvalue weighted by Crippen LogP contribution is -2.37. The van der Waals surface area contributed by atoms with Crippen LogP contribution in [0.5, 0.6) is 0 Å². The van der Waals surface area contributed by atoms with Gasteiger partial charge < -0.3 is 15.5 Å². The second kappa shape index (κ2) is 7.86. The summed E-state index contributed by atoms with van der Waals surface area (Å²) in [5.74, 6) is -2.08. The van der Waals surface area contributed by atoms with E-state index in [0.717, 1.165) is 17.7 Å². The van der Waals surface area contributed by atoms with E-state index >= 15 is 0 Å². The fourth-order valence-corrected chi connectivity index (χ4v) is 4.49. The van der Waals surface area contributed by atoms with Crippen LogP contribution in [0.1, 0.15) is 47.8 Å². The van der Waals surface area contributed by atoms with Crippen LogP contribution < -0.4 is 10.6 Å². The molecule has 0 unspecified atom stereocenters. The highest BCUT2D eigenvalue weighted by Crippen LogP contribution is 2.39. The molecule has 0 spiro atoms. The first-order chi connectivity index (χ1) is 16.2. The molecular weight excluding hydrogens is 440 g/mol. The molecule has 1 saturated heterocycles. The number of fused-ring (bicyclic) bond motifs is 1. The number of rotatable bonds is 4. The number of hydrogen-bond acceptors (Lipinski definition) is 5. The Hall–Kier alpha value is -3.88. The van der Waals surface area contributed by atoms with Crippen molar-refractivity contribution in [3.05, 3.63) is 70.9 Å². The number of carbonyl (C=O) groups is 2. The minimum Gasteiger partial charge on any atom is -0.346 e. The molecule has 1 atom stereocenters. The minimum absolute atomic E-state index is 0.0764. The van der Waals surface area contributed by atoms with Crippen molar-refractivity contribution in [3.63, 3.8) is 0 Å². The molecular formula is C25H23F2N5O2. The summed E-state index contributed by atoms with van der Waals surface area (Å²) in [5, 5.41) is 5.76. The molecule has 2 N–H and O–H groups in total. The van der Waals surface area contributed by atoms with Crippen LogP contribution >= 0.6 is 0 Å². The number of carbonyl (C=O) groups excluding carboxylic acids is 2. The SMILES string of the molecule is CN1C(=O)[C@@H](c2ccc(Nc3nc(-c4c(F)cccc4F)nc4c3C(=O)NC4)cc2)CC1(C)C. The Labute approximate surface area is 195 Å². The van der Waals surface area contributed by atoms with Crippen molar-refractivity contribution in [1.29, 1.82) is 0 Å². The third-order valence-electron chi connectivity index (χ3n) is 6.63. The van der Waals surface area contributed by atoms with Gasteiger partial charge in [0.25, 0.3) is 5.91 Å². The second-order valence-corrected chi connectivity index (χ2v) is 9.21. The highest BCUT2D eigenvalue weighted by molar-refractivity contribution is 6.03. The van der Waals surface area contributed by atoms with Crippen molar-refractivity contribution >= 4 is 23.3 Å². The fourth-order valence-electron chi connectivity index (χ4n) is 4.49. The van der Waals surface area contributed by atoms with Crippen LogP contribution in [-0.2, 0) is 11.3 Å². The maximum Gasteiger partial charge on any atom is 0.257 e. The van der Waals surface area contributed by atoms with Gasteiger partial charge >= 0.3 is 0 Å². The molecule has 7 nitrogen and oxygen atoms in total. The van der Waals surface area contributed by atoms with Gasteiger partial charge in [0.05, 0.1) is 23.7 Å². The van der Waals surface area contributed by atoms with Gasteiger partial charge in [0.2, 0.25) is 5.91 Å². The highest BCUT2D eigenvalue weighted by Gasteiger charge is 2.43. The Balaban J connectivity index is 1.49. The number of nitrogens with zero attached hydrogens (tertiary/aromatic N) is 3. The predicted molar refractivity (Wildman–Crippen MR) is 122 cm³/mol. The van der Waals surface area contributed by atoms with E-state index in [1.807, 2.05) is 33.0 Å². The normalized spacial score (nSPS) is 18.7. The lowest BCUT2D eigenvalue weighted by atomic mass is 9.91. The maximum absolute atomic E-state index is 14.4. The van der Waals surface area contributed by atoms with Gasteiger partial charge in [0.15, 0.2) is 5.82 Å². The van der Waals surface area contributed by atoms with E-state index in [1.54, 1.807) is 17.0 Å². The van der Waals surface area contributed by atoms with E-state index in [2.05, 4.69) is 20.6 Å². The van der Waals surface area contributed by atoms with E-state index in [0.29, 0.717) is 17.8 Å². The number of anilines is 2. The van der Waals surface area contributed by atoms with Crippen LogP contribution in [-0.4, -0.2) is 39.3 Å². The number of halogens is 2. The largest absolute Gasteiger partial charge is 0.346 e. The molecule has 0 radical (unpaired) electrons. The zero-order valence-electron chi connectivity index (χ0n) is 18.9. The number of aromatic nitrogens is 2. The number of likely N-dealkylation sites (tertiary alicyclic amines) is 1. The summed E-state index contributed by atoms with van der Waals surface area (Å²) in [7, 11) is 1.81. The number of amides is 2. The quantitative estimate of drug-likeness (QED) is 0.608. The van der Waals surface area contributed by atoms with Crippen LogP contribution in [0.25, 0.3) is 11.4 Å². The first-order valence-electron chi connectivity index (χ1n) is 10.9. The van der Waals surface area contributed by atoms with E-state index in [1.165, 1.54) is 6.07 Å². The lowest BCUT2D eigenvalue weighted by Gasteiger charge is -2.26. The van der Waals surface area contributed by atoms with Crippen LogP contribution in [0, 0.1) is 11.6 Å². The van der Waals surface area contributed by atoms with E-state index in [9.17, 15) is 18.4 Å². The first-order valence-corrected chi connectivity index (χ1v) is 10.9. The van der Waals surface area contributed by atoms with Gasteiger partial charge in [-0.05, 0) is 50.1 Å². The molecule has 0 aliphatic carbocycles. The molecule has 2 aliphatic heterocycles. The molecule has 174 valence electrons. The summed E-state index contributed by atoms with van der Waals surface area (Å²) in [6.07, 6.45) is 0.715. The average molecular weight is 463 g/mol. The monoisotopic (exact) mass is 463 g/mol. The van der Waals surface area contributed by atoms with Crippen molar-refractivity contribution in [1.82, 2.24) is 20.2 Å². The molecule has 3 aromatic rings. The topological polar surface area (TPSA) is 87.2 Å². The van der Waals surface area contributed by atoms with Crippen LogP contribution in [0.3, 0.4) is 0 Å². The van der Waals surface area contributed by atoms with Gasteiger partial charge in [-0.3, -0.25) is 9.59 Å². The van der Waals surface area contributed by atoms with Crippen LogP contribution in [0.2, 0.25) is 0 Å². The lowest BCUT2D eigenvalue weighted by molar-refractivity contribution is -0.130. The molecule has 2 aromatic carbocycles. The number of nitrogens with one attached hydrogen (secondary N) is 2. The third-order valence-corrected chi connectivity index (χ3v) is 6.63. The molecule has 0 saturated carbocycles. The number of benzene rings is 2. The molecule has 2 amide bonds. The van der Waals surface area contributed by atoms with E-state index in [4.69, 9.17) is 0 Å². The van der Waals surface area contributed by atoms with Gasteiger partial charge in [-0.15, -0.1) is 0 Å². The van der Waals surface area contributed by atoms with Gasteiger partial charge in [-0.25, -0.2) is 18.7 Å². The Bertz CT molecular complexity index is 1300. The highest BCUT2D eigenvalue weighted by atomic mass is 19.1. The molecule has 34 heavy (non-hydrogen) atoms. The average Bonchev–Trinajstić information content (AvgIpc) is 3.27. The predicted octanol–water partition coefficient (Wildman–Crippen LogP) is 4.13. The van der Waals surface area contributed by atoms with Gasteiger partial charge in [-0.1, -0.05) is 18.2 Å². The van der Waals surface area contributed by atoms with Crippen molar-refractivity contribution in [2.75, 3.05) is 12.4 Å². The summed E-state index contributed by atoms with van der Waals surface area (Å²) in [6.45, 7) is 4.22. The molecule has 1 fully saturated rings. The fraction of sp³-hybridized carbons (Fsp3) is 0.280. The van der Waals surface area contributed by atoms with Crippen molar-refractivity contribution in [2.24, 2.45) is 0 Å². The summed E-state index contributed by atoms with van der Waals surface area (Å²) in [5.41, 5.74) is 1.54. The Morgan fingerprint density at radius 3 is 2.32 bits per heavy atom. The summed E-state index contributed by atoms with van der Waals surface area (Å²) in [4.78, 5) is 35.4. The van der Waals surface area contributed by atoms with Gasteiger partial charge in [-0.2, -0.15) is 0 Å². The molecule has 1 aromatic heterocycles. The summed E-state index contributed by atoms with van der Waals surface area (Å²) >= 11 is 0. The standard InChI is InChI=1S/C25H23F2N5O2/c1-25(2)11-15(24(34)32(25)3)13-7-9-14(10-8-13)29-22-20-18(12-28-23(20)33)30-21(31-22)19-16(26)5-4-6-17(19)27/h4-10,15H,11-12H2,1-3H3,(H,28,33)(H,29,30,31)/t15-/m1/s1. The molecule has 2 aliphatic rings. The number of likely N-dealkylation sites (N-methyl/N-ethyl adjacent to an activating group) is 1. The Kier molecular flexibility index (Phi) is 5.07. The zero-order chi connectivity index (χ0) is 24.2. The molecule has 5 rings (SSSR count). The Morgan fingerprint density at radius 1 is 1.03 bits per heavy atom. The van der Waals surface area contributed by atoms with Crippen LogP contribution in [0.15, 0.2) is 42.5 Å². The first kappa shape index (κ1) is 21.9. The number of hydrogen-bond donors (Lipinski definition) is 2. The van der Waals surface area contributed by atoms with Gasteiger partial charge in [0, 0.05) is 18.3 Å². The molecule has 0 bridgehead atoms. The molecule has 3 heterocycles. The van der Waals surface area contributed by atoms with Crippen molar-refractivity contribution < 1.29 is 18.4 Å². The summed E-state index contributed by atoms with van der Waals surface area (Å²) < 4.78 is 28.8. The van der Waals surface area contributed by atoms with Gasteiger partial charge in [0.1, 0.15) is 23.0 Å². The smallest absolute Gasteiger partial charge is 0.257 e. The minimum atomic E-state index is -0.790. The molecule has 9 heteroatoms. The van der Waals surface area contributed by atoms with Crippen molar-refractivity contribution in [2.45, 2.75) is 38.3 Å². The van der Waals surface area contributed by atoms with Crippen LogP contribution in [0.4, 0.5) is 20.3 Å². The Morgan fingerprint density at radius 2 is 1.71 bits per heavy atom. The third kappa shape index (κ3) is 3.57. The summed E-state index contributed by atoms with van der Waals surface area (Å²) in [6, 6.07) is 10.8. The second-order valence-electron chi connectivity index (χ2n) is 9.21. The zero-order valence-corrected chi connectivity index (χ0v) is 18.9. The van der Waals surface area contributed by atoms with E-state index < -0.39 is 11.6 Å². The maximum atomic E-state index is 14.4.